The number of rotatable bonds is 8. The van der Waals surface area contributed by atoms with Crippen LogP contribution in [-0.4, -0.2) is 38.5 Å². The zero-order chi connectivity index (χ0) is 24.2. The molecule has 0 bridgehead atoms. The van der Waals surface area contributed by atoms with Crippen LogP contribution in [0.4, 0.5) is 5.69 Å². The number of benzodiazepines with no additional fused rings is 1. The molecular formula is C23H27ClN4O4S. The van der Waals surface area contributed by atoms with Gasteiger partial charge >= 0.3 is 0 Å². The monoisotopic (exact) mass is 490 g/mol. The van der Waals surface area contributed by atoms with E-state index in [0.717, 1.165) is 18.4 Å². The minimum Gasteiger partial charge on any atom is -0.309 e. The lowest BCUT2D eigenvalue weighted by Gasteiger charge is -2.28. The van der Waals surface area contributed by atoms with E-state index in [1.807, 2.05) is 44.2 Å². The van der Waals surface area contributed by atoms with Gasteiger partial charge in [-0.3, -0.25) is 14.6 Å². The highest BCUT2D eigenvalue weighted by Gasteiger charge is 2.35. The minimum absolute atomic E-state index is 0.0123. The molecule has 2 amide bonds. The number of hydrogen-bond acceptors (Lipinski definition) is 5. The number of aliphatic imine (C=N–C) groups is 1. The number of nitrogens with one attached hydrogen (secondary N) is 1. The van der Waals surface area contributed by atoms with Gasteiger partial charge in [-0.15, -0.1) is 0 Å². The molecule has 0 aromatic heterocycles. The number of carbonyl (C=O) groups is 2. The summed E-state index contributed by atoms with van der Waals surface area (Å²) in [5, 5.41) is 5.38. The first-order valence-corrected chi connectivity index (χ1v) is 12.6. The molecule has 1 atom stereocenters. The summed E-state index contributed by atoms with van der Waals surface area (Å²) in [7, 11) is -4.18. The summed E-state index contributed by atoms with van der Waals surface area (Å²) in [5.41, 5.74) is 2.72. The average molecular weight is 491 g/mol. The van der Waals surface area contributed by atoms with Crippen molar-refractivity contribution in [2.75, 3.05) is 11.4 Å². The zero-order valence-corrected chi connectivity index (χ0v) is 20.1. The molecule has 176 valence electrons. The Labute approximate surface area is 199 Å². The maximum atomic E-state index is 13.7. The minimum atomic E-state index is -4.18. The van der Waals surface area contributed by atoms with Crippen molar-refractivity contribution in [1.29, 1.82) is 0 Å². The Morgan fingerprint density at radius 1 is 1.18 bits per heavy atom. The zero-order valence-electron chi connectivity index (χ0n) is 18.5. The van der Waals surface area contributed by atoms with Crippen molar-refractivity contribution in [2.45, 2.75) is 39.2 Å². The van der Waals surface area contributed by atoms with Crippen LogP contribution in [0.5, 0.6) is 0 Å². The average Bonchev–Trinajstić information content (AvgIpc) is 2.87. The second kappa shape index (κ2) is 10.5. The fraction of sp³-hybridized carbons (Fsp3) is 0.348. The van der Waals surface area contributed by atoms with Crippen molar-refractivity contribution in [3.05, 3.63) is 64.7 Å². The molecule has 3 N–H and O–H groups in total. The van der Waals surface area contributed by atoms with Crippen LogP contribution >= 0.6 is 11.6 Å². The highest BCUT2D eigenvalue weighted by atomic mass is 35.5. The van der Waals surface area contributed by atoms with Crippen molar-refractivity contribution in [3.63, 3.8) is 0 Å². The Kier molecular flexibility index (Phi) is 7.88. The van der Waals surface area contributed by atoms with Crippen molar-refractivity contribution >= 4 is 45.0 Å². The van der Waals surface area contributed by atoms with Crippen molar-refractivity contribution in [1.82, 2.24) is 4.72 Å². The van der Waals surface area contributed by atoms with Gasteiger partial charge < -0.3 is 4.90 Å². The quantitative estimate of drug-likeness (QED) is 0.590. The van der Waals surface area contributed by atoms with Crippen LogP contribution in [0.2, 0.25) is 5.02 Å². The molecule has 0 saturated heterocycles. The Hall–Kier alpha value is -2.75. The molecule has 0 spiro atoms. The number of nitrogens with zero attached hydrogens (tertiary/aromatic N) is 2. The second-order valence-corrected chi connectivity index (χ2v) is 9.57. The molecule has 10 heteroatoms. The molecule has 1 aliphatic rings. The van der Waals surface area contributed by atoms with Gasteiger partial charge in [-0.2, -0.15) is 8.42 Å². The summed E-state index contributed by atoms with van der Waals surface area (Å²) < 4.78 is 24.1. The second-order valence-electron chi connectivity index (χ2n) is 7.84. The van der Waals surface area contributed by atoms with Crippen LogP contribution in [0.25, 0.3) is 0 Å². The Morgan fingerprint density at radius 3 is 2.45 bits per heavy atom. The van der Waals surface area contributed by atoms with Crippen LogP contribution in [0.1, 0.15) is 44.2 Å². The number of fused-ring (bicyclic) bond motifs is 1. The van der Waals surface area contributed by atoms with Gasteiger partial charge in [-0.1, -0.05) is 68.6 Å². The number of nitrogens with two attached hydrogens (primary N) is 1. The summed E-state index contributed by atoms with van der Waals surface area (Å²) in [6.07, 6.45) is 1.24. The normalized spacial score (nSPS) is 16.3. The summed E-state index contributed by atoms with van der Waals surface area (Å²) in [6.45, 7) is 3.99. The van der Waals surface area contributed by atoms with Gasteiger partial charge in [0, 0.05) is 29.1 Å². The smallest absolute Gasteiger partial charge is 0.298 e. The van der Waals surface area contributed by atoms with E-state index in [0.29, 0.717) is 22.0 Å². The topological polar surface area (TPSA) is 122 Å². The summed E-state index contributed by atoms with van der Waals surface area (Å²) in [4.78, 5) is 32.3. The molecule has 3 rings (SSSR count). The molecule has 1 unspecified atom stereocenters. The molecule has 2 aromatic rings. The van der Waals surface area contributed by atoms with E-state index in [-0.39, 0.29) is 24.8 Å². The van der Waals surface area contributed by atoms with Gasteiger partial charge in [0.15, 0.2) is 0 Å². The van der Waals surface area contributed by atoms with E-state index in [9.17, 15) is 18.0 Å². The van der Waals surface area contributed by atoms with Crippen molar-refractivity contribution < 1.29 is 18.0 Å². The van der Waals surface area contributed by atoms with Gasteiger partial charge in [0.05, 0.1) is 11.4 Å². The highest BCUT2D eigenvalue weighted by Crippen LogP contribution is 2.33. The molecule has 2 aromatic carbocycles. The fourth-order valence-electron chi connectivity index (χ4n) is 4.00. The van der Waals surface area contributed by atoms with E-state index >= 15 is 0 Å². The first kappa shape index (κ1) is 24.9. The molecule has 8 nitrogen and oxygen atoms in total. The van der Waals surface area contributed by atoms with Crippen molar-refractivity contribution in [2.24, 2.45) is 16.0 Å². The molecule has 1 aliphatic heterocycles. The van der Waals surface area contributed by atoms with Gasteiger partial charge in [-0.05, 0) is 24.1 Å². The van der Waals surface area contributed by atoms with E-state index in [1.165, 1.54) is 4.90 Å². The third-order valence-corrected chi connectivity index (χ3v) is 6.40. The Morgan fingerprint density at radius 2 is 1.85 bits per heavy atom. The molecule has 0 saturated carbocycles. The fourth-order valence-corrected chi connectivity index (χ4v) is 4.59. The Balaban J connectivity index is 2.12. The lowest BCUT2D eigenvalue weighted by Crippen LogP contribution is -2.44. The first-order valence-electron chi connectivity index (χ1n) is 10.7. The number of anilines is 1. The van der Waals surface area contributed by atoms with Crippen LogP contribution < -0.4 is 14.8 Å². The summed E-state index contributed by atoms with van der Waals surface area (Å²) in [6, 6.07) is 14.0. The Bertz CT molecular complexity index is 1160. The van der Waals surface area contributed by atoms with E-state index < -0.39 is 22.2 Å². The number of amides is 2. The number of benzene rings is 2. The number of carbonyl (C=O) groups excluding carboxylic acids is 2. The molecule has 1 heterocycles. The summed E-state index contributed by atoms with van der Waals surface area (Å²) in [5.74, 6) is -1.06. The number of hydrogen-bond donors (Lipinski definition) is 2. The van der Waals surface area contributed by atoms with Gasteiger partial charge in [0.25, 0.3) is 16.1 Å². The van der Waals surface area contributed by atoms with Crippen LogP contribution in [0, 0.1) is 5.92 Å². The molecule has 0 radical (unpaired) electrons. The molecule has 0 aliphatic carbocycles. The largest absolute Gasteiger partial charge is 0.309 e. The van der Waals surface area contributed by atoms with E-state index in [2.05, 4.69) is 0 Å². The maximum absolute atomic E-state index is 13.7. The van der Waals surface area contributed by atoms with Crippen LogP contribution in [-0.2, 0) is 19.8 Å². The lowest BCUT2D eigenvalue weighted by molar-refractivity contribution is -0.121. The molecular weight excluding hydrogens is 464 g/mol. The van der Waals surface area contributed by atoms with Gasteiger partial charge in [0.1, 0.15) is 6.04 Å². The highest BCUT2D eigenvalue weighted by molar-refractivity contribution is 7.87. The molecule has 0 fully saturated rings. The number of halogens is 1. The van der Waals surface area contributed by atoms with Crippen LogP contribution in [0.15, 0.2) is 53.5 Å². The first-order chi connectivity index (χ1) is 15.6. The van der Waals surface area contributed by atoms with E-state index in [1.54, 1.807) is 22.9 Å². The predicted octanol–water partition coefficient (Wildman–Crippen LogP) is 3.04. The maximum Gasteiger partial charge on any atom is 0.298 e. The summed E-state index contributed by atoms with van der Waals surface area (Å²) >= 11 is 6.32. The van der Waals surface area contributed by atoms with Gasteiger partial charge in [0.2, 0.25) is 5.91 Å². The third kappa shape index (κ3) is 5.98. The third-order valence-electron chi connectivity index (χ3n) is 5.65. The van der Waals surface area contributed by atoms with Crippen LogP contribution in [0.3, 0.4) is 0 Å². The lowest BCUT2D eigenvalue weighted by atomic mass is 9.93. The van der Waals surface area contributed by atoms with Crippen molar-refractivity contribution in [3.8, 4) is 0 Å². The predicted molar refractivity (Wildman–Crippen MR) is 130 cm³/mol. The standard InChI is InChI=1S/C23H27ClN4O4S/c1-3-15(4-2)22-23(30)28(13-12-20(29)27-33(25,31)32)19-11-10-17(24)14-18(19)21(26-22)16-8-6-5-7-9-16/h5-11,14-15,22H,3-4,12-13H2,1-2H3,(H,27,29)(H2,25,31,32). The van der Waals surface area contributed by atoms with E-state index in [4.69, 9.17) is 21.7 Å². The van der Waals surface area contributed by atoms with Gasteiger partial charge in [-0.25, -0.2) is 9.86 Å². The molecule has 33 heavy (non-hydrogen) atoms. The SMILES string of the molecule is CCC(CC)C1N=C(c2ccccc2)c2cc(Cl)ccc2N(CCC(=O)NS(N)(=O)=O)C1=O.